The van der Waals surface area contributed by atoms with Gasteiger partial charge in [0.2, 0.25) is 0 Å². The molecule has 0 aliphatic rings. The van der Waals surface area contributed by atoms with Crippen molar-refractivity contribution in [3.63, 3.8) is 0 Å². The molecule has 4 heterocycles. The SMILES string of the molecule is Cc1nc(-c2cc(C(=O)NCc3cccnc3)c3ccccn23)cn1C(C)C. The van der Waals surface area contributed by atoms with Gasteiger partial charge in [0.15, 0.2) is 0 Å². The molecule has 0 aliphatic heterocycles. The highest BCUT2D eigenvalue weighted by molar-refractivity contribution is 6.02. The Morgan fingerprint density at radius 3 is 2.79 bits per heavy atom. The van der Waals surface area contributed by atoms with Gasteiger partial charge in [0.05, 0.1) is 16.8 Å². The fourth-order valence-corrected chi connectivity index (χ4v) is 3.44. The molecule has 1 N–H and O–H groups in total. The second kappa shape index (κ2) is 7.31. The van der Waals surface area contributed by atoms with Crippen LogP contribution < -0.4 is 5.32 Å². The first-order valence-electron chi connectivity index (χ1n) is 9.37. The van der Waals surface area contributed by atoms with Gasteiger partial charge in [0, 0.05) is 37.4 Å². The van der Waals surface area contributed by atoms with E-state index in [4.69, 9.17) is 4.98 Å². The molecule has 4 aromatic heterocycles. The van der Waals surface area contributed by atoms with E-state index in [1.54, 1.807) is 12.4 Å². The van der Waals surface area contributed by atoms with Crippen LogP contribution in [0.25, 0.3) is 16.9 Å². The highest BCUT2D eigenvalue weighted by Gasteiger charge is 2.18. The molecule has 0 saturated carbocycles. The Labute approximate surface area is 163 Å². The second-order valence-electron chi connectivity index (χ2n) is 7.12. The molecule has 6 heteroatoms. The van der Waals surface area contributed by atoms with Crippen molar-refractivity contribution in [2.45, 2.75) is 33.4 Å². The Morgan fingerprint density at radius 1 is 1.21 bits per heavy atom. The molecule has 0 fully saturated rings. The fraction of sp³-hybridized carbons (Fsp3) is 0.227. The van der Waals surface area contributed by atoms with Gasteiger partial charge >= 0.3 is 0 Å². The summed E-state index contributed by atoms with van der Waals surface area (Å²) in [6, 6.07) is 11.9. The molecule has 4 aromatic rings. The predicted octanol–water partition coefficient (Wildman–Crippen LogP) is 4.02. The van der Waals surface area contributed by atoms with Crippen LogP contribution in [0.3, 0.4) is 0 Å². The zero-order valence-corrected chi connectivity index (χ0v) is 16.3. The van der Waals surface area contributed by atoms with E-state index in [9.17, 15) is 4.79 Å². The highest BCUT2D eigenvalue weighted by atomic mass is 16.1. The van der Waals surface area contributed by atoms with Crippen molar-refractivity contribution >= 4 is 11.4 Å². The van der Waals surface area contributed by atoms with E-state index in [0.29, 0.717) is 18.2 Å². The Kier molecular flexibility index (Phi) is 4.69. The fourth-order valence-electron chi connectivity index (χ4n) is 3.44. The lowest BCUT2D eigenvalue weighted by Crippen LogP contribution is -2.22. The van der Waals surface area contributed by atoms with Gasteiger partial charge in [-0.3, -0.25) is 9.78 Å². The number of carbonyl (C=O) groups excluding carboxylic acids is 1. The summed E-state index contributed by atoms with van der Waals surface area (Å²) < 4.78 is 4.16. The Bertz CT molecular complexity index is 1120. The van der Waals surface area contributed by atoms with E-state index < -0.39 is 0 Å². The molecule has 0 spiro atoms. The maximum atomic E-state index is 12.9. The predicted molar refractivity (Wildman–Crippen MR) is 109 cm³/mol. The van der Waals surface area contributed by atoms with Crippen LogP contribution in [0.4, 0.5) is 0 Å². The second-order valence-corrected chi connectivity index (χ2v) is 7.12. The lowest BCUT2D eigenvalue weighted by molar-refractivity contribution is 0.0952. The topological polar surface area (TPSA) is 64.2 Å². The number of hydrogen-bond acceptors (Lipinski definition) is 3. The standard InChI is InChI=1S/C22H23N5O/c1-15(2)27-14-19(25-16(27)3)21-11-18(20-8-4-5-10-26(20)21)22(28)24-13-17-7-6-9-23-12-17/h4-12,14-15H,13H2,1-3H3,(H,24,28). The molecule has 4 rings (SSSR count). The maximum absolute atomic E-state index is 12.9. The third kappa shape index (κ3) is 3.29. The normalized spacial score (nSPS) is 11.3. The van der Waals surface area contributed by atoms with Gasteiger partial charge < -0.3 is 14.3 Å². The summed E-state index contributed by atoms with van der Waals surface area (Å²) >= 11 is 0. The molecular weight excluding hydrogens is 350 g/mol. The number of fused-ring (bicyclic) bond motifs is 1. The van der Waals surface area contributed by atoms with E-state index in [0.717, 1.165) is 28.3 Å². The number of hydrogen-bond donors (Lipinski definition) is 1. The summed E-state index contributed by atoms with van der Waals surface area (Å²) in [6.07, 6.45) is 7.49. The number of nitrogens with zero attached hydrogens (tertiary/aromatic N) is 4. The van der Waals surface area contributed by atoms with Crippen molar-refractivity contribution in [3.8, 4) is 11.4 Å². The zero-order valence-electron chi connectivity index (χ0n) is 16.3. The summed E-state index contributed by atoms with van der Waals surface area (Å²) in [7, 11) is 0. The van der Waals surface area contributed by atoms with Crippen LogP contribution in [-0.4, -0.2) is 24.8 Å². The minimum Gasteiger partial charge on any atom is -0.348 e. The van der Waals surface area contributed by atoms with Crippen LogP contribution in [0.1, 0.15) is 41.6 Å². The molecule has 1 amide bonds. The Balaban J connectivity index is 1.70. The third-order valence-corrected chi connectivity index (χ3v) is 4.83. The third-order valence-electron chi connectivity index (χ3n) is 4.83. The Morgan fingerprint density at radius 2 is 2.07 bits per heavy atom. The lowest BCUT2D eigenvalue weighted by atomic mass is 10.2. The quantitative estimate of drug-likeness (QED) is 0.575. The summed E-state index contributed by atoms with van der Waals surface area (Å²) in [5.74, 6) is 0.845. The maximum Gasteiger partial charge on any atom is 0.253 e. The van der Waals surface area contributed by atoms with Crippen LogP contribution in [0.5, 0.6) is 0 Å². The molecule has 0 aromatic carbocycles. The van der Waals surface area contributed by atoms with Crippen LogP contribution in [0.15, 0.2) is 61.2 Å². The number of pyridine rings is 2. The van der Waals surface area contributed by atoms with Crippen LogP contribution in [0, 0.1) is 6.92 Å². The van der Waals surface area contributed by atoms with Crippen molar-refractivity contribution in [2.24, 2.45) is 0 Å². The van der Waals surface area contributed by atoms with Gasteiger partial charge in [-0.15, -0.1) is 0 Å². The van der Waals surface area contributed by atoms with Gasteiger partial charge in [-0.1, -0.05) is 12.1 Å². The molecule has 142 valence electrons. The number of imidazole rings is 1. The minimum atomic E-state index is -0.112. The van der Waals surface area contributed by atoms with Gasteiger partial charge in [-0.2, -0.15) is 0 Å². The molecule has 0 saturated heterocycles. The Hall–Kier alpha value is -3.41. The first-order chi connectivity index (χ1) is 13.5. The van der Waals surface area contributed by atoms with Crippen LogP contribution >= 0.6 is 0 Å². The number of carbonyl (C=O) groups is 1. The molecule has 6 nitrogen and oxygen atoms in total. The first-order valence-corrected chi connectivity index (χ1v) is 9.37. The summed E-state index contributed by atoms with van der Waals surface area (Å²) in [5.41, 5.74) is 4.23. The molecule has 0 bridgehead atoms. The average Bonchev–Trinajstić information content (AvgIpc) is 3.28. The van der Waals surface area contributed by atoms with Crippen molar-refractivity contribution < 1.29 is 4.79 Å². The summed E-state index contributed by atoms with van der Waals surface area (Å²) in [4.78, 5) is 21.7. The van der Waals surface area contributed by atoms with Crippen LogP contribution in [0.2, 0.25) is 0 Å². The number of nitrogens with one attached hydrogen (secondary N) is 1. The highest BCUT2D eigenvalue weighted by Crippen LogP contribution is 2.27. The minimum absolute atomic E-state index is 0.112. The smallest absolute Gasteiger partial charge is 0.253 e. The van der Waals surface area contributed by atoms with Gasteiger partial charge in [-0.25, -0.2) is 4.98 Å². The van der Waals surface area contributed by atoms with Crippen LogP contribution in [-0.2, 0) is 6.54 Å². The molecule has 0 radical (unpaired) electrons. The molecule has 28 heavy (non-hydrogen) atoms. The van der Waals surface area contributed by atoms with E-state index in [2.05, 4.69) is 28.7 Å². The molecule has 0 unspecified atom stereocenters. The number of rotatable bonds is 5. The van der Waals surface area contributed by atoms with Crippen molar-refractivity contribution in [1.29, 1.82) is 0 Å². The van der Waals surface area contributed by atoms with Gasteiger partial charge in [0.25, 0.3) is 5.91 Å². The van der Waals surface area contributed by atoms with Gasteiger partial charge in [0.1, 0.15) is 11.5 Å². The first kappa shape index (κ1) is 18.0. The van der Waals surface area contributed by atoms with E-state index in [-0.39, 0.29) is 5.91 Å². The average molecular weight is 373 g/mol. The molecule has 0 atom stereocenters. The van der Waals surface area contributed by atoms with Crippen molar-refractivity contribution in [3.05, 3.63) is 78.1 Å². The largest absolute Gasteiger partial charge is 0.348 e. The number of aromatic nitrogens is 4. The van der Waals surface area contributed by atoms with E-state index in [1.165, 1.54) is 0 Å². The number of aryl methyl sites for hydroxylation is 1. The zero-order chi connectivity index (χ0) is 19.7. The van der Waals surface area contributed by atoms with E-state index in [1.807, 2.05) is 60.1 Å². The van der Waals surface area contributed by atoms with Gasteiger partial charge in [-0.05, 0) is 50.6 Å². The summed E-state index contributed by atoms with van der Waals surface area (Å²) in [6.45, 7) is 6.70. The lowest BCUT2D eigenvalue weighted by Gasteiger charge is -2.07. The number of amides is 1. The summed E-state index contributed by atoms with van der Waals surface area (Å²) in [5, 5.41) is 2.99. The monoisotopic (exact) mass is 373 g/mol. The molecule has 0 aliphatic carbocycles. The molecular formula is C22H23N5O. The van der Waals surface area contributed by atoms with Crippen molar-refractivity contribution in [2.75, 3.05) is 0 Å². The van der Waals surface area contributed by atoms with Crippen molar-refractivity contribution in [1.82, 2.24) is 24.3 Å². The van der Waals surface area contributed by atoms with E-state index >= 15 is 0 Å².